The highest BCUT2D eigenvalue weighted by Gasteiger charge is 2.16. The molecule has 1 aliphatic carbocycles. The third kappa shape index (κ3) is 4.88. The van der Waals surface area contributed by atoms with Crippen LogP contribution >= 0.6 is 11.8 Å². The molecule has 0 fully saturated rings. The minimum atomic E-state index is -0.0423. The number of carbonyl (C=O) groups is 1. The number of H-pyrrole nitrogens is 1. The van der Waals surface area contributed by atoms with Crippen molar-refractivity contribution in [3.8, 4) is 11.4 Å². The van der Waals surface area contributed by atoms with Crippen molar-refractivity contribution in [1.29, 1.82) is 5.41 Å². The molecule has 2 aromatic heterocycles. The van der Waals surface area contributed by atoms with Crippen molar-refractivity contribution in [1.82, 2.24) is 25.1 Å². The van der Waals surface area contributed by atoms with Gasteiger partial charge >= 0.3 is 0 Å². The molecule has 0 aliphatic heterocycles. The lowest BCUT2D eigenvalue weighted by molar-refractivity contribution is -0.118. The smallest absolute Gasteiger partial charge is 0.230 e. The zero-order valence-corrected chi connectivity index (χ0v) is 19.2. The quantitative estimate of drug-likeness (QED) is 0.275. The molecule has 32 heavy (non-hydrogen) atoms. The summed E-state index contributed by atoms with van der Waals surface area (Å²) in [6, 6.07) is 7.44. The van der Waals surface area contributed by atoms with Gasteiger partial charge in [-0.25, -0.2) is 4.98 Å². The number of hydrogen-bond acceptors (Lipinski definition) is 6. The van der Waals surface area contributed by atoms with Gasteiger partial charge in [-0.3, -0.25) is 19.9 Å². The number of rotatable bonds is 8. The second-order valence-electron chi connectivity index (χ2n) is 7.82. The minimum absolute atomic E-state index is 0.0423. The van der Waals surface area contributed by atoms with E-state index in [2.05, 4.69) is 26.6 Å². The number of amides is 1. The molecule has 168 valence electrons. The van der Waals surface area contributed by atoms with Crippen LogP contribution < -0.4 is 15.5 Å². The molecule has 2 heterocycles. The molecule has 1 aliphatic rings. The number of aromatic amines is 1. The van der Waals surface area contributed by atoms with Gasteiger partial charge in [0.05, 0.1) is 18.2 Å². The van der Waals surface area contributed by atoms with Crippen molar-refractivity contribution >= 4 is 28.7 Å². The van der Waals surface area contributed by atoms with Gasteiger partial charge in [-0.2, -0.15) is 5.10 Å². The average molecular weight is 453 g/mol. The number of aryl methyl sites for hydroxylation is 1. The molecule has 9 heteroatoms. The summed E-state index contributed by atoms with van der Waals surface area (Å²) in [6.45, 7) is 2.52. The number of ether oxygens (including phenoxy) is 1. The molecule has 0 saturated heterocycles. The molecule has 0 atom stereocenters. The summed E-state index contributed by atoms with van der Waals surface area (Å²) < 4.78 is 7.00. The minimum Gasteiger partial charge on any atom is -0.497 e. The molecule has 0 radical (unpaired) electrons. The van der Waals surface area contributed by atoms with Crippen molar-refractivity contribution in [2.24, 2.45) is 0 Å². The van der Waals surface area contributed by atoms with Crippen molar-refractivity contribution in [3.05, 3.63) is 47.1 Å². The van der Waals surface area contributed by atoms with E-state index in [4.69, 9.17) is 10.1 Å². The first-order valence-electron chi connectivity index (χ1n) is 10.8. The van der Waals surface area contributed by atoms with Gasteiger partial charge in [-0.05, 0) is 63.3 Å². The van der Waals surface area contributed by atoms with Gasteiger partial charge in [0.2, 0.25) is 5.91 Å². The van der Waals surface area contributed by atoms with E-state index in [9.17, 15) is 4.79 Å². The van der Waals surface area contributed by atoms with Crippen LogP contribution in [-0.2, 0) is 4.79 Å². The Morgan fingerprint density at radius 3 is 2.84 bits per heavy atom. The number of allylic oxidation sites excluding steroid dienone is 1. The maximum atomic E-state index is 12.5. The molecular formula is C23H28N6O2S. The predicted molar refractivity (Wildman–Crippen MR) is 125 cm³/mol. The lowest BCUT2D eigenvalue weighted by Gasteiger charge is -2.14. The molecule has 3 aromatic rings. The first-order chi connectivity index (χ1) is 15.6. The SMILES string of the molecule is COc1ccc(-n2c(SCC(=O)NCCC3=CCCCC3)nc3n[nH]c(C)c3c2=N)cc1. The van der Waals surface area contributed by atoms with Crippen LogP contribution in [0.25, 0.3) is 16.7 Å². The Kier molecular flexibility index (Phi) is 6.94. The molecule has 1 aromatic carbocycles. The fourth-order valence-corrected chi connectivity index (χ4v) is 4.71. The van der Waals surface area contributed by atoms with Gasteiger partial charge in [-0.1, -0.05) is 23.4 Å². The fourth-order valence-electron chi connectivity index (χ4n) is 3.87. The summed E-state index contributed by atoms with van der Waals surface area (Å²) in [5, 5.41) is 20.1. The zero-order valence-electron chi connectivity index (χ0n) is 18.4. The maximum Gasteiger partial charge on any atom is 0.230 e. The van der Waals surface area contributed by atoms with Crippen molar-refractivity contribution in [3.63, 3.8) is 0 Å². The van der Waals surface area contributed by atoms with Gasteiger partial charge in [0.15, 0.2) is 10.8 Å². The van der Waals surface area contributed by atoms with Gasteiger partial charge in [0.1, 0.15) is 11.2 Å². The number of carbonyl (C=O) groups excluding carboxylic acids is 1. The third-order valence-corrected chi connectivity index (χ3v) is 6.54. The van der Waals surface area contributed by atoms with Crippen LogP contribution in [0.4, 0.5) is 0 Å². The summed E-state index contributed by atoms with van der Waals surface area (Å²) in [7, 11) is 1.62. The van der Waals surface area contributed by atoms with Gasteiger partial charge in [0, 0.05) is 17.9 Å². The molecule has 0 unspecified atom stereocenters. The second kappa shape index (κ2) is 10.0. The number of aromatic nitrogens is 4. The standard InChI is InChI=1S/C23H28N6O2S/c1-15-20-21(24)29(17-8-10-18(31-2)11-9-17)23(26-22(20)28-27-15)32-14-19(30)25-13-12-16-6-4-3-5-7-16/h6,8-11,24H,3-5,7,12-14H2,1-2H3,(H,25,30)(H,27,28). The molecule has 3 N–H and O–H groups in total. The van der Waals surface area contributed by atoms with Crippen LogP contribution in [0, 0.1) is 12.3 Å². The van der Waals surface area contributed by atoms with Crippen LogP contribution in [0.2, 0.25) is 0 Å². The van der Waals surface area contributed by atoms with E-state index < -0.39 is 0 Å². The summed E-state index contributed by atoms with van der Waals surface area (Å²) in [5.74, 6) is 0.909. The highest BCUT2D eigenvalue weighted by atomic mass is 32.2. The van der Waals surface area contributed by atoms with Gasteiger partial charge < -0.3 is 10.1 Å². The van der Waals surface area contributed by atoms with Gasteiger partial charge in [-0.15, -0.1) is 0 Å². The molecular weight excluding hydrogens is 424 g/mol. The Morgan fingerprint density at radius 2 is 2.12 bits per heavy atom. The molecule has 8 nitrogen and oxygen atoms in total. The van der Waals surface area contributed by atoms with Crippen LogP contribution in [0.5, 0.6) is 5.75 Å². The maximum absolute atomic E-state index is 12.5. The van der Waals surface area contributed by atoms with Crippen LogP contribution in [0.15, 0.2) is 41.1 Å². The topological polar surface area (TPSA) is 109 Å². The Hall–Kier alpha value is -3.07. The molecule has 0 saturated carbocycles. The van der Waals surface area contributed by atoms with Crippen LogP contribution in [0.3, 0.4) is 0 Å². The van der Waals surface area contributed by atoms with E-state index in [0.717, 1.165) is 36.4 Å². The Bertz CT molecular complexity index is 1200. The largest absolute Gasteiger partial charge is 0.497 e. The number of fused-ring (bicyclic) bond motifs is 1. The monoisotopic (exact) mass is 452 g/mol. The third-order valence-electron chi connectivity index (χ3n) is 5.60. The Morgan fingerprint density at radius 1 is 1.31 bits per heavy atom. The van der Waals surface area contributed by atoms with Crippen molar-refractivity contribution < 1.29 is 9.53 Å². The van der Waals surface area contributed by atoms with E-state index in [-0.39, 0.29) is 17.1 Å². The second-order valence-corrected chi connectivity index (χ2v) is 8.76. The Balaban J connectivity index is 1.52. The summed E-state index contributed by atoms with van der Waals surface area (Å²) in [6.07, 6.45) is 8.04. The first-order valence-corrected chi connectivity index (χ1v) is 11.8. The number of benzene rings is 1. The molecule has 1 amide bonds. The number of nitrogens with zero attached hydrogens (tertiary/aromatic N) is 3. The summed E-state index contributed by atoms with van der Waals surface area (Å²) >= 11 is 1.30. The lowest BCUT2D eigenvalue weighted by Crippen LogP contribution is -2.27. The van der Waals surface area contributed by atoms with E-state index in [0.29, 0.717) is 22.7 Å². The number of hydrogen-bond donors (Lipinski definition) is 3. The number of methoxy groups -OCH3 is 1. The number of thioether (sulfide) groups is 1. The molecule has 4 rings (SSSR count). The van der Waals surface area contributed by atoms with E-state index in [1.165, 1.54) is 30.2 Å². The normalized spacial score (nSPS) is 13.8. The Labute approximate surface area is 191 Å². The van der Waals surface area contributed by atoms with Crippen LogP contribution in [0.1, 0.15) is 37.8 Å². The predicted octanol–water partition coefficient (Wildman–Crippen LogP) is 3.64. The average Bonchev–Trinajstić information content (AvgIpc) is 3.19. The van der Waals surface area contributed by atoms with E-state index >= 15 is 0 Å². The van der Waals surface area contributed by atoms with Crippen molar-refractivity contribution in [2.45, 2.75) is 44.2 Å². The number of nitrogens with one attached hydrogen (secondary N) is 3. The highest BCUT2D eigenvalue weighted by molar-refractivity contribution is 7.99. The van der Waals surface area contributed by atoms with E-state index in [1.54, 1.807) is 11.7 Å². The highest BCUT2D eigenvalue weighted by Crippen LogP contribution is 2.23. The summed E-state index contributed by atoms with van der Waals surface area (Å²) in [4.78, 5) is 17.1. The van der Waals surface area contributed by atoms with Crippen LogP contribution in [-0.4, -0.2) is 45.1 Å². The van der Waals surface area contributed by atoms with Crippen molar-refractivity contribution in [2.75, 3.05) is 19.4 Å². The first kappa shape index (κ1) is 22.1. The zero-order chi connectivity index (χ0) is 22.5. The fraction of sp³-hybridized carbons (Fsp3) is 0.391. The van der Waals surface area contributed by atoms with Gasteiger partial charge in [0.25, 0.3) is 0 Å². The van der Waals surface area contributed by atoms with E-state index in [1.807, 2.05) is 31.2 Å². The lowest BCUT2D eigenvalue weighted by atomic mass is 9.97. The summed E-state index contributed by atoms with van der Waals surface area (Å²) in [5.41, 5.74) is 3.76. The molecule has 0 bridgehead atoms. The molecule has 0 spiro atoms.